The highest BCUT2D eigenvalue weighted by Gasteiger charge is 2.11. The molecule has 0 saturated carbocycles. The summed E-state index contributed by atoms with van der Waals surface area (Å²) in [4.78, 5) is 17.2. The first kappa shape index (κ1) is 26.9. The van der Waals surface area contributed by atoms with Crippen LogP contribution in [-0.4, -0.2) is 37.9 Å². The number of hydrazone groups is 1. The summed E-state index contributed by atoms with van der Waals surface area (Å²) in [5.74, 6) is 1.42. The Balaban J connectivity index is 1.26. The minimum Gasteiger partial charge on any atom is -0.497 e. The van der Waals surface area contributed by atoms with Crippen LogP contribution in [0.5, 0.6) is 17.2 Å². The molecular weight excluding hydrogens is 570 g/mol. The first-order valence-electron chi connectivity index (χ1n) is 12.5. The maximum Gasteiger partial charge on any atom is 0.277 e. The first-order valence-corrected chi connectivity index (χ1v) is 13.3. The van der Waals surface area contributed by atoms with Crippen LogP contribution in [0.4, 0.5) is 0 Å². The number of carbonyl (C=O) groups is 1. The van der Waals surface area contributed by atoms with Gasteiger partial charge in [-0.3, -0.25) is 4.79 Å². The molecule has 0 radical (unpaired) electrons. The molecule has 200 valence electrons. The van der Waals surface area contributed by atoms with Crippen LogP contribution in [0.15, 0.2) is 107 Å². The van der Waals surface area contributed by atoms with Gasteiger partial charge in [0.1, 0.15) is 17.2 Å². The van der Waals surface area contributed by atoms with E-state index in [2.05, 4.69) is 50.7 Å². The van der Waals surface area contributed by atoms with Crippen molar-refractivity contribution in [2.24, 2.45) is 5.10 Å². The van der Waals surface area contributed by atoms with Crippen molar-refractivity contribution in [2.45, 2.75) is 0 Å². The molecular formula is C32H26BrN3O4. The van der Waals surface area contributed by atoms with Gasteiger partial charge in [0.2, 0.25) is 0 Å². The van der Waals surface area contributed by atoms with E-state index < -0.39 is 0 Å². The number of nitrogens with zero attached hydrogens (tertiary/aromatic N) is 2. The van der Waals surface area contributed by atoms with Crippen LogP contribution in [0.1, 0.15) is 5.56 Å². The van der Waals surface area contributed by atoms with Crippen LogP contribution in [0, 0.1) is 0 Å². The molecule has 1 N–H and O–H groups in total. The van der Waals surface area contributed by atoms with E-state index in [-0.39, 0.29) is 12.5 Å². The van der Waals surface area contributed by atoms with Gasteiger partial charge in [-0.25, -0.2) is 10.4 Å². The largest absolute Gasteiger partial charge is 0.497 e. The highest BCUT2D eigenvalue weighted by molar-refractivity contribution is 9.10. The van der Waals surface area contributed by atoms with Gasteiger partial charge in [0, 0.05) is 27.1 Å². The molecule has 0 unspecified atom stereocenters. The second-order valence-electron chi connectivity index (χ2n) is 8.80. The van der Waals surface area contributed by atoms with Crippen molar-refractivity contribution in [1.29, 1.82) is 0 Å². The van der Waals surface area contributed by atoms with Crippen molar-refractivity contribution < 1.29 is 19.0 Å². The van der Waals surface area contributed by atoms with Crippen LogP contribution < -0.4 is 19.6 Å². The number of carbonyl (C=O) groups excluding carboxylic acids is 1. The Labute approximate surface area is 240 Å². The number of aromatic nitrogens is 1. The van der Waals surface area contributed by atoms with Gasteiger partial charge in [0.15, 0.2) is 6.61 Å². The average molecular weight is 596 g/mol. The van der Waals surface area contributed by atoms with Crippen LogP contribution >= 0.6 is 15.9 Å². The Kier molecular flexibility index (Phi) is 8.37. The molecule has 0 fully saturated rings. The van der Waals surface area contributed by atoms with E-state index >= 15 is 0 Å². The number of hydrogen-bond donors (Lipinski definition) is 1. The SMILES string of the molecule is COc1ccc(C=NNC(=O)COc2ccc(-c3cc(-c4ccccc4)c4cc(Br)ccc4n3)cc2)c(OC)c1. The maximum absolute atomic E-state index is 12.3. The lowest BCUT2D eigenvalue weighted by Crippen LogP contribution is -2.24. The van der Waals surface area contributed by atoms with Gasteiger partial charge in [-0.1, -0.05) is 46.3 Å². The molecule has 5 aromatic rings. The van der Waals surface area contributed by atoms with Crippen molar-refractivity contribution in [2.75, 3.05) is 20.8 Å². The van der Waals surface area contributed by atoms with Gasteiger partial charge < -0.3 is 14.2 Å². The molecule has 0 atom stereocenters. The predicted molar refractivity (Wildman–Crippen MR) is 161 cm³/mol. The lowest BCUT2D eigenvalue weighted by molar-refractivity contribution is -0.123. The standard InChI is InChI=1S/C32H26BrN3O4/c1-38-26-14-10-23(31(17-26)39-2)19-34-36-32(37)20-40-25-12-8-22(9-13-25)30-18-27(21-6-4-3-5-7-21)28-16-24(33)11-15-29(28)35-30/h3-19H,20H2,1-2H3,(H,36,37). The van der Waals surface area contributed by atoms with E-state index in [0.717, 1.165) is 37.8 Å². The molecule has 0 aliphatic rings. The molecule has 0 spiro atoms. The van der Waals surface area contributed by atoms with Crippen molar-refractivity contribution in [1.82, 2.24) is 10.4 Å². The van der Waals surface area contributed by atoms with Crippen LogP contribution in [0.25, 0.3) is 33.3 Å². The summed E-state index contributed by atoms with van der Waals surface area (Å²) < 4.78 is 17.2. The predicted octanol–water partition coefficient (Wildman–Crippen LogP) is 6.88. The second-order valence-corrected chi connectivity index (χ2v) is 9.71. The van der Waals surface area contributed by atoms with E-state index in [4.69, 9.17) is 19.2 Å². The fraction of sp³-hybridized carbons (Fsp3) is 0.0938. The molecule has 40 heavy (non-hydrogen) atoms. The molecule has 1 heterocycles. The summed E-state index contributed by atoms with van der Waals surface area (Å²) >= 11 is 3.58. The summed E-state index contributed by atoms with van der Waals surface area (Å²) in [5.41, 5.74) is 8.09. The summed E-state index contributed by atoms with van der Waals surface area (Å²) in [6.45, 7) is -0.183. The van der Waals surface area contributed by atoms with Gasteiger partial charge in [0.05, 0.1) is 31.6 Å². The number of hydrogen-bond acceptors (Lipinski definition) is 6. The number of pyridine rings is 1. The number of amides is 1. The van der Waals surface area contributed by atoms with E-state index in [1.54, 1.807) is 32.4 Å². The molecule has 5 rings (SSSR count). The maximum atomic E-state index is 12.3. The van der Waals surface area contributed by atoms with Crippen molar-refractivity contribution in [3.05, 3.63) is 107 Å². The molecule has 4 aromatic carbocycles. The van der Waals surface area contributed by atoms with E-state index in [1.807, 2.05) is 54.6 Å². The Bertz CT molecular complexity index is 1670. The zero-order valence-corrected chi connectivity index (χ0v) is 23.5. The van der Waals surface area contributed by atoms with Crippen molar-refractivity contribution >= 4 is 39.0 Å². The molecule has 0 bridgehead atoms. The topological polar surface area (TPSA) is 82.0 Å². The normalized spacial score (nSPS) is 11.0. The van der Waals surface area contributed by atoms with E-state index in [0.29, 0.717) is 22.8 Å². The Hall–Kier alpha value is -4.69. The van der Waals surface area contributed by atoms with E-state index in [1.165, 1.54) is 6.21 Å². The zero-order chi connectivity index (χ0) is 27.9. The molecule has 0 aliphatic heterocycles. The minimum atomic E-state index is -0.386. The monoisotopic (exact) mass is 595 g/mol. The smallest absolute Gasteiger partial charge is 0.277 e. The first-order chi connectivity index (χ1) is 19.5. The Morgan fingerprint density at radius 2 is 1.65 bits per heavy atom. The number of nitrogens with one attached hydrogen (secondary N) is 1. The number of halogens is 1. The molecule has 0 saturated heterocycles. The second kappa shape index (κ2) is 12.4. The van der Waals surface area contributed by atoms with Gasteiger partial charge in [0.25, 0.3) is 5.91 Å². The van der Waals surface area contributed by atoms with Gasteiger partial charge in [-0.15, -0.1) is 0 Å². The summed E-state index contributed by atoms with van der Waals surface area (Å²) in [7, 11) is 3.14. The lowest BCUT2D eigenvalue weighted by Gasteiger charge is -2.11. The lowest BCUT2D eigenvalue weighted by atomic mass is 9.98. The number of methoxy groups -OCH3 is 2. The quantitative estimate of drug-likeness (QED) is 0.148. The van der Waals surface area contributed by atoms with Gasteiger partial charge >= 0.3 is 0 Å². The van der Waals surface area contributed by atoms with Crippen molar-refractivity contribution in [3.8, 4) is 39.6 Å². The van der Waals surface area contributed by atoms with Gasteiger partial charge in [-0.05, 0) is 71.8 Å². The highest BCUT2D eigenvalue weighted by atomic mass is 79.9. The Morgan fingerprint density at radius 3 is 2.40 bits per heavy atom. The molecule has 0 aliphatic carbocycles. The molecule has 1 amide bonds. The number of rotatable bonds is 9. The summed E-state index contributed by atoms with van der Waals surface area (Å²) in [6, 6.07) is 31.3. The summed E-state index contributed by atoms with van der Waals surface area (Å²) in [6.07, 6.45) is 1.50. The number of fused-ring (bicyclic) bond motifs is 1. The summed E-state index contributed by atoms with van der Waals surface area (Å²) in [5, 5.41) is 5.07. The number of benzene rings is 4. The average Bonchev–Trinajstić information content (AvgIpc) is 3.00. The number of ether oxygens (including phenoxy) is 3. The van der Waals surface area contributed by atoms with Gasteiger partial charge in [-0.2, -0.15) is 5.10 Å². The third-order valence-electron chi connectivity index (χ3n) is 6.21. The third-order valence-corrected chi connectivity index (χ3v) is 6.70. The zero-order valence-electron chi connectivity index (χ0n) is 21.9. The molecule has 8 heteroatoms. The van der Waals surface area contributed by atoms with Crippen LogP contribution in [0.3, 0.4) is 0 Å². The molecule has 7 nitrogen and oxygen atoms in total. The van der Waals surface area contributed by atoms with Crippen LogP contribution in [0.2, 0.25) is 0 Å². The third kappa shape index (κ3) is 6.30. The molecule has 1 aromatic heterocycles. The minimum absolute atomic E-state index is 0.183. The Morgan fingerprint density at radius 1 is 0.875 bits per heavy atom. The fourth-order valence-corrected chi connectivity index (χ4v) is 4.57. The highest BCUT2D eigenvalue weighted by Crippen LogP contribution is 2.34. The van der Waals surface area contributed by atoms with Crippen LogP contribution in [-0.2, 0) is 4.79 Å². The van der Waals surface area contributed by atoms with Crippen molar-refractivity contribution in [3.63, 3.8) is 0 Å². The van der Waals surface area contributed by atoms with E-state index in [9.17, 15) is 4.79 Å². The fourth-order valence-electron chi connectivity index (χ4n) is 4.20.